The lowest BCUT2D eigenvalue weighted by Gasteiger charge is -2.34. The van der Waals surface area contributed by atoms with E-state index in [0.717, 1.165) is 51.0 Å². The van der Waals surface area contributed by atoms with Crippen molar-refractivity contribution < 1.29 is 4.74 Å². The summed E-state index contributed by atoms with van der Waals surface area (Å²) in [4.78, 5) is 9.48. The molecule has 0 aromatic carbocycles. The van der Waals surface area contributed by atoms with Gasteiger partial charge < -0.3 is 19.9 Å². The van der Waals surface area contributed by atoms with E-state index in [1.165, 1.54) is 45.3 Å². The molecule has 2 rings (SSSR count). The van der Waals surface area contributed by atoms with Gasteiger partial charge in [0.15, 0.2) is 5.96 Å². The van der Waals surface area contributed by atoms with E-state index in [-0.39, 0.29) is 0 Å². The molecule has 2 fully saturated rings. The van der Waals surface area contributed by atoms with Gasteiger partial charge in [-0.3, -0.25) is 4.99 Å². The Balaban J connectivity index is 1.57. The van der Waals surface area contributed by atoms with Crippen LogP contribution in [0.4, 0.5) is 0 Å². The van der Waals surface area contributed by atoms with Gasteiger partial charge in [-0.25, -0.2) is 0 Å². The summed E-state index contributed by atoms with van der Waals surface area (Å²) in [6.07, 6.45) is 7.96. The summed E-state index contributed by atoms with van der Waals surface area (Å²) in [5.74, 6) is 1.95. The van der Waals surface area contributed by atoms with Gasteiger partial charge in [-0.1, -0.05) is 6.92 Å². The molecule has 0 aromatic rings. The van der Waals surface area contributed by atoms with Crippen LogP contribution in [-0.2, 0) is 4.74 Å². The lowest BCUT2D eigenvalue weighted by molar-refractivity contribution is 0.0264. The zero-order chi connectivity index (χ0) is 17.2. The van der Waals surface area contributed by atoms with E-state index in [9.17, 15) is 0 Å². The molecule has 0 radical (unpaired) electrons. The zero-order valence-electron chi connectivity index (χ0n) is 16.1. The van der Waals surface area contributed by atoms with Crippen molar-refractivity contribution in [3.8, 4) is 0 Å². The van der Waals surface area contributed by atoms with Crippen LogP contribution in [0.1, 0.15) is 52.4 Å². The first kappa shape index (κ1) is 19.5. The molecular formula is C19H38N4O. The molecule has 2 heterocycles. The standard InChI is InChI=1S/C19H38N4O/c1-4-24-18-9-14-23(15-10-18)19(20-3)21-11-5-6-12-22-13-7-8-17(2)16-22/h17-18H,4-16H2,1-3H3,(H,20,21). The van der Waals surface area contributed by atoms with Crippen molar-refractivity contribution in [2.45, 2.75) is 58.5 Å². The third-order valence-electron chi connectivity index (χ3n) is 5.28. The van der Waals surface area contributed by atoms with E-state index < -0.39 is 0 Å². The molecule has 0 bridgehead atoms. The van der Waals surface area contributed by atoms with Crippen molar-refractivity contribution in [2.24, 2.45) is 10.9 Å². The largest absolute Gasteiger partial charge is 0.378 e. The molecule has 0 aromatic heterocycles. The van der Waals surface area contributed by atoms with Crippen LogP contribution in [0.25, 0.3) is 0 Å². The third kappa shape index (κ3) is 6.60. The molecule has 5 nitrogen and oxygen atoms in total. The molecular weight excluding hydrogens is 300 g/mol. The highest BCUT2D eigenvalue weighted by Crippen LogP contribution is 2.16. The van der Waals surface area contributed by atoms with Gasteiger partial charge in [-0.15, -0.1) is 0 Å². The molecule has 1 atom stereocenters. The van der Waals surface area contributed by atoms with Crippen LogP contribution in [0, 0.1) is 5.92 Å². The van der Waals surface area contributed by atoms with E-state index in [1.807, 2.05) is 7.05 Å². The number of hydrogen-bond acceptors (Lipinski definition) is 3. The minimum atomic E-state index is 0.441. The van der Waals surface area contributed by atoms with Crippen molar-refractivity contribution in [3.63, 3.8) is 0 Å². The van der Waals surface area contributed by atoms with Crippen LogP contribution in [0.2, 0.25) is 0 Å². The highest BCUT2D eigenvalue weighted by molar-refractivity contribution is 5.79. The fraction of sp³-hybridized carbons (Fsp3) is 0.947. The Hall–Kier alpha value is -0.810. The maximum atomic E-state index is 5.73. The van der Waals surface area contributed by atoms with Crippen LogP contribution >= 0.6 is 0 Å². The molecule has 5 heteroatoms. The summed E-state index contributed by atoms with van der Waals surface area (Å²) >= 11 is 0. The number of ether oxygens (including phenoxy) is 1. The van der Waals surface area contributed by atoms with Crippen molar-refractivity contribution in [1.82, 2.24) is 15.1 Å². The molecule has 0 aliphatic carbocycles. The minimum absolute atomic E-state index is 0.441. The summed E-state index contributed by atoms with van der Waals surface area (Å²) in [5, 5.41) is 3.55. The molecule has 0 spiro atoms. The Kier molecular flexibility index (Phi) is 8.89. The van der Waals surface area contributed by atoms with Gasteiger partial charge in [-0.2, -0.15) is 0 Å². The lowest BCUT2D eigenvalue weighted by atomic mass is 10.0. The second-order valence-electron chi connectivity index (χ2n) is 7.37. The fourth-order valence-corrected chi connectivity index (χ4v) is 3.95. The summed E-state index contributed by atoms with van der Waals surface area (Å²) < 4.78 is 5.73. The first-order valence-corrected chi connectivity index (χ1v) is 10.0. The molecule has 2 aliphatic heterocycles. The molecule has 1 unspecified atom stereocenters. The summed E-state index contributed by atoms with van der Waals surface area (Å²) in [7, 11) is 1.89. The second kappa shape index (κ2) is 10.9. The van der Waals surface area contributed by atoms with Gasteiger partial charge in [-0.05, 0) is 64.5 Å². The van der Waals surface area contributed by atoms with E-state index in [2.05, 4.69) is 34.0 Å². The second-order valence-corrected chi connectivity index (χ2v) is 7.37. The Morgan fingerprint density at radius 3 is 2.62 bits per heavy atom. The number of aliphatic imine (C=N–C) groups is 1. The van der Waals surface area contributed by atoms with Crippen LogP contribution in [-0.4, -0.2) is 74.8 Å². The SMILES string of the molecule is CCOC1CCN(C(=NC)NCCCCN2CCCC(C)C2)CC1. The van der Waals surface area contributed by atoms with Gasteiger partial charge >= 0.3 is 0 Å². The molecule has 2 saturated heterocycles. The van der Waals surface area contributed by atoms with Gasteiger partial charge in [0.1, 0.15) is 0 Å². The Morgan fingerprint density at radius 2 is 1.96 bits per heavy atom. The van der Waals surface area contributed by atoms with Crippen molar-refractivity contribution >= 4 is 5.96 Å². The van der Waals surface area contributed by atoms with Crippen LogP contribution in [0.3, 0.4) is 0 Å². The summed E-state index contributed by atoms with van der Waals surface area (Å²) in [6.45, 7) is 12.3. The highest BCUT2D eigenvalue weighted by Gasteiger charge is 2.21. The normalized spacial score (nSPS) is 24.4. The van der Waals surface area contributed by atoms with Crippen molar-refractivity contribution in [2.75, 3.05) is 52.9 Å². The topological polar surface area (TPSA) is 40.1 Å². The number of piperidine rings is 2. The number of likely N-dealkylation sites (tertiary alicyclic amines) is 2. The van der Waals surface area contributed by atoms with E-state index in [4.69, 9.17) is 4.74 Å². The van der Waals surface area contributed by atoms with Crippen LogP contribution < -0.4 is 5.32 Å². The Labute approximate surface area is 148 Å². The molecule has 24 heavy (non-hydrogen) atoms. The third-order valence-corrected chi connectivity index (χ3v) is 5.28. The van der Waals surface area contributed by atoms with Crippen LogP contribution in [0.15, 0.2) is 4.99 Å². The molecule has 0 saturated carbocycles. The predicted octanol–water partition coefficient (Wildman–Crippen LogP) is 2.57. The first-order valence-electron chi connectivity index (χ1n) is 10.0. The maximum absolute atomic E-state index is 5.73. The molecule has 0 amide bonds. The number of unbranched alkanes of at least 4 members (excludes halogenated alkanes) is 1. The summed E-state index contributed by atoms with van der Waals surface area (Å²) in [5.41, 5.74) is 0. The monoisotopic (exact) mass is 338 g/mol. The number of nitrogens with zero attached hydrogens (tertiary/aromatic N) is 3. The van der Waals surface area contributed by atoms with Gasteiger partial charge in [0.25, 0.3) is 0 Å². The molecule has 1 N–H and O–H groups in total. The molecule has 140 valence electrons. The van der Waals surface area contributed by atoms with Crippen molar-refractivity contribution in [1.29, 1.82) is 0 Å². The minimum Gasteiger partial charge on any atom is -0.378 e. The van der Waals surface area contributed by atoms with Gasteiger partial charge in [0, 0.05) is 39.8 Å². The average Bonchev–Trinajstić information content (AvgIpc) is 2.59. The van der Waals surface area contributed by atoms with Crippen molar-refractivity contribution in [3.05, 3.63) is 0 Å². The maximum Gasteiger partial charge on any atom is 0.193 e. The predicted molar refractivity (Wildman–Crippen MR) is 102 cm³/mol. The smallest absolute Gasteiger partial charge is 0.193 e. The lowest BCUT2D eigenvalue weighted by Crippen LogP contribution is -2.47. The van der Waals surface area contributed by atoms with E-state index in [0.29, 0.717) is 6.10 Å². The number of hydrogen-bond donors (Lipinski definition) is 1. The number of nitrogens with one attached hydrogen (secondary N) is 1. The van der Waals surface area contributed by atoms with E-state index >= 15 is 0 Å². The highest BCUT2D eigenvalue weighted by atomic mass is 16.5. The van der Waals surface area contributed by atoms with Crippen LogP contribution in [0.5, 0.6) is 0 Å². The number of rotatable bonds is 7. The zero-order valence-corrected chi connectivity index (χ0v) is 16.1. The number of guanidine groups is 1. The average molecular weight is 339 g/mol. The van der Waals surface area contributed by atoms with E-state index in [1.54, 1.807) is 0 Å². The first-order chi connectivity index (χ1) is 11.7. The Bertz CT molecular complexity index is 366. The van der Waals surface area contributed by atoms with Gasteiger partial charge in [0.05, 0.1) is 6.10 Å². The van der Waals surface area contributed by atoms with Gasteiger partial charge in [0.2, 0.25) is 0 Å². The molecule has 2 aliphatic rings. The Morgan fingerprint density at radius 1 is 1.17 bits per heavy atom. The summed E-state index contributed by atoms with van der Waals surface area (Å²) in [6, 6.07) is 0. The fourth-order valence-electron chi connectivity index (χ4n) is 3.95. The quantitative estimate of drug-likeness (QED) is 0.440.